The molecule has 7 heteroatoms. The molecular formula is C19H20ClN3O3. The van der Waals surface area contributed by atoms with Crippen LogP contribution in [0.4, 0.5) is 5.69 Å². The Morgan fingerprint density at radius 2 is 1.77 bits per heavy atom. The van der Waals surface area contributed by atoms with Gasteiger partial charge in [-0.1, -0.05) is 29.8 Å². The van der Waals surface area contributed by atoms with E-state index >= 15 is 0 Å². The standard InChI is InChI=1S/C19H20ClN3O3/c1-12-15(20)7-5-8-16(12)21-18(25)10-11-19(26)23-22-13(2)14-6-3-4-9-17(14)24/h3-9,24H,10-11H2,1-2H3,(H,21,25)(H,23,26). The Kier molecular flexibility index (Phi) is 6.74. The van der Waals surface area contributed by atoms with Gasteiger partial charge in [-0.05, 0) is 43.7 Å². The van der Waals surface area contributed by atoms with Gasteiger partial charge in [-0.15, -0.1) is 0 Å². The Hall–Kier alpha value is -2.86. The third-order valence-electron chi connectivity index (χ3n) is 3.76. The maximum Gasteiger partial charge on any atom is 0.240 e. The molecule has 0 unspecified atom stereocenters. The summed E-state index contributed by atoms with van der Waals surface area (Å²) in [5, 5.41) is 17.0. The Labute approximate surface area is 156 Å². The minimum atomic E-state index is -0.391. The van der Waals surface area contributed by atoms with Crippen molar-refractivity contribution in [3.05, 3.63) is 58.6 Å². The van der Waals surface area contributed by atoms with Crippen LogP contribution in [0.1, 0.15) is 30.9 Å². The number of hydrazone groups is 1. The number of halogens is 1. The van der Waals surface area contributed by atoms with Gasteiger partial charge in [-0.25, -0.2) is 5.43 Å². The lowest BCUT2D eigenvalue weighted by atomic mass is 10.1. The quantitative estimate of drug-likeness (QED) is 0.533. The fourth-order valence-electron chi connectivity index (χ4n) is 2.22. The second-order valence-electron chi connectivity index (χ2n) is 5.71. The van der Waals surface area contributed by atoms with Crippen molar-refractivity contribution < 1.29 is 14.7 Å². The zero-order valence-corrected chi connectivity index (χ0v) is 15.3. The summed E-state index contributed by atoms with van der Waals surface area (Å²) in [7, 11) is 0. The molecule has 136 valence electrons. The summed E-state index contributed by atoms with van der Waals surface area (Å²) in [4.78, 5) is 23.8. The number of nitrogens with one attached hydrogen (secondary N) is 2. The lowest BCUT2D eigenvalue weighted by Gasteiger charge is -2.09. The van der Waals surface area contributed by atoms with Gasteiger partial charge in [0.2, 0.25) is 11.8 Å². The van der Waals surface area contributed by atoms with Crippen molar-refractivity contribution in [2.24, 2.45) is 5.10 Å². The average Bonchev–Trinajstić information content (AvgIpc) is 2.62. The van der Waals surface area contributed by atoms with Gasteiger partial charge in [-0.2, -0.15) is 5.10 Å². The van der Waals surface area contributed by atoms with Crippen molar-refractivity contribution in [3.63, 3.8) is 0 Å². The Morgan fingerprint density at radius 1 is 1.08 bits per heavy atom. The van der Waals surface area contributed by atoms with Gasteiger partial charge in [0.1, 0.15) is 5.75 Å². The number of carbonyl (C=O) groups excluding carboxylic acids is 2. The Bertz CT molecular complexity index is 850. The fraction of sp³-hybridized carbons (Fsp3) is 0.211. The fourth-order valence-corrected chi connectivity index (χ4v) is 2.40. The van der Waals surface area contributed by atoms with Crippen molar-refractivity contribution in [2.45, 2.75) is 26.7 Å². The van der Waals surface area contributed by atoms with Crippen LogP contribution in [0.2, 0.25) is 5.02 Å². The molecule has 2 amide bonds. The van der Waals surface area contributed by atoms with Gasteiger partial charge in [0.25, 0.3) is 0 Å². The van der Waals surface area contributed by atoms with E-state index < -0.39 is 5.91 Å². The molecule has 0 bridgehead atoms. The molecule has 0 aliphatic heterocycles. The molecule has 0 saturated heterocycles. The highest BCUT2D eigenvalue weighted by molar-refractivity contribution is 6.31. The number of phenols is 1. The number of rotatable bonds is 6. The van der Waals surface area contributed by atoms with Crippen molar-refractivity contribution in [3.8, 4) is 5.75 Å². The second-order valence-corrected chi connectivity index (χ2v) is 6.12. The van der Waals surface area contributed by atoms with Crippen LogP contribution >= 0.6 is 11.6 Å². The number of para-hydroxylation sites is 1. The molecule has 0 fully saturated rings. The largest absolute Gasteiger partial charge is 0.507 e. The summed E-state index contributed by atoms with van der Waals surface area (Å²) in [6.07, 6.45) is 0.00589. The SMILES string of the molecule is CC(=NNC(=O)CCC(=O)Nc1cccc(Cl)c1C)c1ccccc1O. The molecule has 0 aromatic heterocycles. The molecule has 0 radical (unpaired) electrons. The van der Waals surface area contributed by atoms with Crippen LogP contribution in [0.3, 0.4) is 0 Å². The van der Waals surface area contributed by atoms with Crippen LogP contribution in [0.15, 0.2) is 47.6 Å². The number of amides is 2. The van der Waals surface area contributed by atoms with Crippen LogP contribution in [0.5, 0.6) is 5.75 Å². The summed E-state index contributed by atoms with van der Waals surface area (Å²) in [6.45, 7) is 3.48. The number of aromatic hydroxyl groups is 1. The lowest BCUT2D eigenvalue weighted by Crippen LogP contribution is -2.22. The van der Waals surface area contributed by atoms with Crippen molar-refractivity contribution >= 4 is 34.8 Å². The first-order valence-electron chi connectivity index (χ1n) is 8.05. The predicted molar refractivity (Wildman–Crippen MR) is 103 cm³/mol. The van der Waals surface area contributed by atoms with E-state index in [9.17, 15) is 14.7 Å². The molecule has 0 aliphatic rings. The first kappa shape index (κ1) is 19.5. The number of nitrogens with zero attached hydrogens (tertiary/aromatic N) is 1. The van der Waals surface area contributed by atoms with E-state index in [1.807, 2.05) is 0 Å². The van der Waals surface area contributed by atoms with Crippen molar-refractivity contribution in [1.82, 2.24) is 5.43 Å². The third kappa shape index (κ3) is 5.32. The van der Waals surface area contributed by atoms with E-state index in [0.717, 1.165) is 5.56 Å². The van der Waals surface area contributed by atoms with Gasteiger partial charge in [0.15, 0.2) is 0 Å². The molecule has 2 rings (SSSR count). The van der Waals surface area contributed by atoms with E-state index in [-0.39, 0.29) is 24.5 Å². The molecular weight excluding hydrogens is 354 g/mol. The molecule has 0 aliphatic carbocycles. The monoisotopic (exact) mass is 373 g/mol. The predicted octanol–water partition coefficient (Wildman–Crippen LogP) is 3.61. The van der Waals surface area contributed by atoms with E-state index in [4.69, 9.17) is 11.6 Å². The molecule has 0 heterocycles. The van der Waals surface area contributed by atoms with Gasteiger partial charge in [-0.3, -0.25) is 9.59 Å². The number of hydrogen-bond donors (Lipinski definition) is 3. The maximum atomic E-state index is 12.0. The molecule has 3 N–H and O–H groups in total. The minimum Gasteiger partial charge on any atom is -0.507 e. The van der Waals surface area contributed by atoms with Crippen LogP contribution in [0.25, 0.3) is 0 Å². The molecule has 6 nitrogen and oxygen atoms in total. The highest BCUT2D eigenvalue weighted by atomic mass is 35.5. The first-order valence-corrected chi connectivity index (χ1v) is 8.42. The minimum absolute atomic E-state index is 0.0109. The third-order valence-corrected chi connectivity index (χ3v) is 4.17. The van der Waals surface area contributed by atoms with E-state index in [0.29, 0.717) is 22.0 Å². The Morgan fingerprint density at radius 3 is 2.50 bits per heavy atom. The van der Waals surface area contributed by atoms with Crippen LogP contribution in [0, 0.1) is 6.92 Å². The van der Waals surface area contributed by atoms with Gasteiger partial charge >= 0.3 is 0 Å². The number of benzene rings is 2. The maximum absolute atomic E-state index is 12.0. The normalized spacial score (nSPS) is 11.1. The molecule has 0 saturated carbocycles. The van der Waals surface area contributed by atoms with E-state index in [1.165, 1.54) is 0 Å². The van der Waals surface area contributed by atoms with Crippen LogP contribution in [-0.2, 0) is 9.59 Å². The van der Waals surface area contributed by atoms with E-state index in [2.05, 4.69) is 15.8 Å². The molecule has 2 aromatic rings. The molecule has 0 spiro atoms. The highest BCUT2D eigenvalue weighted by Crippen LogP contribution is 2.23. The van der Waals surface area contributed by atoms with Gasteiger partial charge in [0.05, 0.1) is 5.71 Å². The van der Waals surface area contributed by atoms with Crippen LogP contribution < -0.4 is 10.7 Å². The summed E-state index contributed by atoms with van der Waals surface area (Å²) >= 11 is 6.01. The smallest absolute Gasteiger partial charge is 0.240 e. The summed E-state index contributed by atoms with van der Waals surface area (Å²) in [5.41, 5.74) is 4.78. The number of anilines is 1. The second kappa shape index (κ2) is 9.01. The summed E-state index contributed by atoms with van der Waals surface area (Å²) < 4.78 is 0. The lowest BCUT2D eigenvalue weighted by molar-refractivity contribution is -0.124. The number of carbonyl (C=O) groups is 2. The van der Waals surface area contributed by atoms with Crippen molar-refractivity contribution in [1.29, 1.82) is 0 Å². The van der Waals surface area contributed by atoms with Gasteiger partial charge in [0, 0.05) is 29.1 Å². The number of hydrogen-bond acceptors (Lipinski definition) is 4. The topological polar surface area (TPSA) is 90.8 Å². The number of phenolic OH excluding ortho intramolecular Hbond substituents is 1. The highest BCUT2D eigenvalue weighted by Gasteiger charge is 2.10. The summed E-state index contributed by atoms with van der Waals surface area (Å²) in [5.74, 6) is -0.594. The van der Waals surface area contributed by atoms with E-state index in [1.54, 1.807) is 56.3 Å². The molecule has 26 heavy (non-hydrogen) atoms. The average molecular weight is 374 g/mol. The van der Waals surface area contributed by atoms with Crippen LogP contribution in [-0.4, -0.2) is 22.6 Å². The van der Waals surface area contributed by atoms with Gasteiger partial charge < -0.3 is 10.4 Å². The zero-order valence-electron chi connectivity index (χ0n) is 14.5. The zero-order chi connectivity index (χ0) is 19.1. The first-order chi connectivity index (χ1) is 12.4. The molecule has 0 atom stereocenters. The van der Waals surface area contributed by atoms with Crippen molar-refractivity contribution in [2.75, 3.05) is 5.32 Å². The Balaban J connectivity index is 1.85. The molecule has 2 aromatic carbocycles. The summed E-state index contributed by atoms with van der Waals surface area (Å²) in [6, 6.07) is 11.9.